The summed E-state index contributed by atoms with van der Waals surface area (Å²) in [5.74, 6) is -0.480. The molecule has 0 spiro atoms. The molecule has 1 saturated carbocycles. The van der Waals surface area contributed by atoms with Gasteiger partial charge in [-0.15, -0.1) is 0 Å². The van der Waals surface area contributed by atoms with Crippen molar-refractivity contribution in [3.05, 3.63) is 12.2 Å². The molecule has 0 aromatic heterocycles. The van der Waals surface area contributed by atoms with Gasteiger partial charge in [0, 0.05) is 13.0 Å². The molecule has 0 aromatic rings. The predicted octanol–water partition coefficient (Wildman–Crippen LogP) is 6.80. The average Bonchev–Trinajstić information content (AvgIpc) is 3.11. The number of aliphatic hydroxyl groups is 5. The van der Waals surface area contributed by atoms with Crippen LogP contribution in [0.25, 0.3) is 0 Å². The molecule has 0 aromatic carbocycles. The average molecular weight is 753 g/mol. The number of ether oxygens (including phenoxy) is 2. The Morgan fingerprint density at radius 2 is 1.08 bits per heavy atom. The van der Waals surface area contributed by atoms with Gasteiger partial charge in [-0.05, 0) is 32.1 Å². The van der Waals surface area contributed by atoms with Crippen molar-refractivity contribution < 1.29 is 58.3 Å². The molecular weight excluding hydrogens is 679 g/mol. The lowest BCUT2D eigenvalue weighted by Gasteiger charge is -2.41. The second kappa shape index (κ2) is 30.4. The molecule has 0 bridgehead atoms. The van der Waals surface area contributed by atoms with E-state index in [1.165, 1.54) is 77.0 Å². The number of phosphoric acid groups is 1. The first-order valence-electron chi connectivity index (χ1n) is 20.0. The Hall–Kier alpha value is -0.920. The number of unbranched alkanes of at least 4 members (excludes halogenated alkanes) is 19. The summed E-state index contributed by atoms with van der Waals surface area (Å²) >= 11 is 0. The summed E-state index contributed by atoms with van der Waals surface area (Å²) in [4.78, 5) is 23.0. The second-order valence-electron chi connectivity index (χ2n) is 14.1. The van der Waals surface area contributed by atoms with Crippen LogP contribution in [0.15, 0.2) is 12.2 Å². The topological polar surface area (TPSA) is 192 Å². The van der Waals surface area contributed by atoms with E-state index >= 15 is 0 Å². The molecule has 6 unspecified atom stereocenters. The van der Waals surface area contributed by atoms with Crippen LogP contribution < -0.4 is 0 Å². The molecule has 1 fully saturated rings. The fraction of sp³-hybridized carbons (Fsp3) is 0.921. The van der Waals surface area contributed by atoms with Crippen molar-refractivity contribution in [2.24, 2.45) is 0 Å². The number of allylic oxidation sites excluding steroid dienone is 2. The highest BCUT2D eigenvalue weighted by Gasteiger charge is 2.51. The number of hydrogen-bond donors (Lipinski definition) is 6. The third-order valence-electron chi connectivity index (χ3n) is 9.37. The van der Waals surface area contributed by atoms with Gasteiger partial charge in [0.1, 0.15) is 42.7 Å². The number of carbonyl (C=O) groups excluding carboxylic acids is 1. The van der Waals surface area contributed by atoms with Crippen molar-refractivity contribution in [3.63, 3.8) is 0 Å². The van der Waals surface area contributed by atoms with Crippen LogP contribution >= 0.6 is 7.82 Å². The fourth-order valence-corrected chi connectivity index (χ4v) is 7.09. The second-order valence-corrected chi connectivity index (χ2v) is 15.5. The first-order chi connectivity index (χ1) is 24.5. The van der Waals surface area contributed by atoms with Crippen LogP contribution in [0.1, 0.15) is 162 Å². The summed E-state index contributed by atoms with van der Waals surface area (Å²) in [5.41, 5.74) is 0. The third kappa shape index (κ3) is 23.5. The lowest BCUT2D eigenvalue weighted by Crippen LogP contribution is -2.64. The molecule has 51 heavy (non-hydrogen) atoms. The minimum absolute atomic E-state index is 0.0766. The highest BCUT2D eigenvalue weighted by atomic mass is 31.2. The molecule has 0 radical (unpaired) electrons. The maximum Gasteiger partial charge on any atom is 0.472 e. The van der Waals surface area contributed by atoms with E-state index in [0.717, 1.165) is 57.8 Å². The smallest absolute Gasteiger partial charge is 0.457 e. The van der Waals surface area contributed by atoms with Gasteiger partial charge >= 0.3 is 13.8 Å². The summed E-state index contributed by atoms with van der Waals surface area (Å²) in [6.45, 7) is 4.17. The van der Waals surface area contributed by atoms with Crippen LogP contribution in [0, 0.1) is 0 Å². The van der Waals surface area contributed by atoms with E-state index in [1.54, 1.807) is 0 Å². The van der Waals surface area contributed by atoms with Gasteiger partial charge in [0.05, 0.1) is 13.2 Å². The molecule has 0 heterocycles. The quantitative estimate of drug-likeness (QED) is 0.0178. The summed E-state index contributed by atoms with van der Waals surface area (Å²) in [6.07, 6.45) is 17.2. The van der Waals surface area contributed by atoms with Gasteiger partial charge < -0.3 is 39.9 Å². The summed E-state index contributed by atoms with van der Waals surface area (Å²) in [5, 5.41) is 49.9. The predicted molar refractivity (Wildman–Crippen MR) is 198 cm³/mol. The van der Waals surface area contributed by atoms with E-state index in [2.05, 4.69) is 26.0 Å². The maximum absolute atomic E-state index is 12.7. The maximum atomic E-state index is 12.7. The zero-order chi connectivity index (χ0) is 37.7. The summed E-state index contributed by atoms with van der Waals surface area (Å²) in [7, 11) is -5.00. The van der Waals surface area contributed by atoms with Crippen LogP contribution in [0.4, 0.5) is 0 Å². The molecule has 6 N–H and O–H groups in total. The normalized spacial score (nSPS) is 24.2. The van der Waals surface area contributed by atoms with Gasteiger partial charge in [-0.1, -0.05) is 135 Å². The Kier molecular flexibility index (Phi) is 28.7. The van der Waals surface area contributed by atoms with E-state index in [1.807, 2.05) is 0 Å². The molecule has 13 heteroatoms. The first-order valence-corrected chi connectivity index (χ1v) is 21.5. The van der Waals surface area contributed by atoms with Crippen LogP contribution in [0.3, 0.4) is 0 Å². The van der Waals surface area contributed by atoms with Crippen LogP contribution in [0.2, 0.25) is 0 Å². The Bertz CT molecular complexity index is 905. The lowest BCUT2D eigenvalue weighted by atomic mass is 9.85. The third-order valence-corrected chi connectivity index (χ3v) is 10.4. The standard InChI is InChI=1S/C38H73O12P/c1-3-5-7-9-11-13-15-16-17-19-21-23-25-27-32(39)49-31(29-47-28-26-24-22-20-18-14-12-10-8-6-4-2)30-48-51(45,46)50-38-36(43)34(41)33(40)35(42)37(38)44/h8,10,31,33-38,40-44H,3-7,9,11-30H2,1-2H3,(H,45,46)/b10-8-. The Morgan fingerprint density at radius 3 is 1.63 bits per heavy atom. The number of esters is 1. The van der Waals surface area contributed by atoms with Crippen LogP contribution in [0.5, 0.6) is 0 Å². The van der Waals surface area contributed by atoms with Gasteiger partial charge in [-0.3, -0.25) is 13.8 Å². The van der Waals surface area contributed by atoms with Crippen molar-refractivity contribution in [1.29, 1.82) is 0 Å². The molecule has 302 valence electrons. The van der Waals surface area contributed by atoms with E-state index in [-0.39, 0.29) is 13.0 Å². The zero-order valence-corrected chi connectivity index (χ0v) is 32.6. The van der Waals surface area contributed by atoms with E-state index in [0.29, 0.717) is 13.0 Å². The largest absolute Gasteiger partial charge is 0.472 e. The van der Waals surface area contributed by atoms with Crippen molar-refractivity contribution in [1.82, 2.24) is 0 Å². The van der Waals surface area contributed by atoms with E-state index < -0.39 is 63.1 Å². The van der Waals surface area contributed by atoms with E-state index in [4.69, 9.17) is 18.5 Å². The fourth-order valence-electron chi connectivity index (χ4n) is 6.12. The molecule has 0 aliphatic heterocycles. The molecule has 12 nitrogen and oxygen atoms in total. The number of phosphoric ester groups is 1. The lowest BCUT2D eigenvalue weighted by molar-refractivity contribution is -0.220. The molecule has 1 rings (SSSR count). The SMILES string of the molecule is CCC/C=C\CCCCCCCCOCC(COP(=O)(O)OC1C(O)C(O)C(O)C(O)C1O)OC(=O)CCCCCCCCCCCCCCC. The highest BCUT2D eigenvalue weighted by molar-refractivity contribution is 7.47. The van der Waals surface area contributed by atoms with Crippen LogP contribution in [-0.2, 0) is 27.9 Å². The van der Waals surface area contributed by atoms with Gasteiger partial charge in [-0.25, -0.2) is 4.57 Å². The van der Waals surface area contributed by atoms with Gasteiger partial charge in [-0.2, -0.15) is 0 Å². The highest BCUT2D eigenvalue weighted by Crippen LogP contribution is 2.47. The van der Waals surface area contributed by atoms with Gasteiger partial charge in [0.25, 0.3) is 0 Å². The van der Waals surface area contributed by atoms with Gasteiger partial charge in [0.2, 0.25) is 0 Å². The number of carbonyl (C=O) groups is 1. The Morgan fingerprint density at radius 1 is 0.608 bits per heavy atom. The van der Waals surface area contributed by atoms with Crippen LogP contribution in [-0.4, -0.2) is 98.9 Å². The van der Waals surface area contributed by atoms with Crippen molar-refractivity contribution in [2.45, 2.75) is 204 Å². The zero-order valence-electron chi connectivity index (χ0n) is 31.7. The number of aliphatic hydroxyl groups excluding tert-OH is 5. The molecule has 1 aliphatic rings. The van der Waals surface area contributed by atoms with Crippen molar-refractivity contribution in [3.8, 4) is 0 Å². The van der Waals surface area contributed by atoms with E-state index in [9.17, 15) is 39.8 Å². The molecule has 0 amide bonds. The minimum Gasteiger partial charge on any atom is -0.457 e. The minimum atomic E-state index is -5.00. The summed E-state index contributed by atoms with van der Waals surface area (Å²) in [6, 6.07) is 0. The Balaban J connectivity index is 2.46. The molecule has 0 saturated heterocycles. The van der Waals surface area contributed by atoms with Gasteiger partial charge in [0.15, 0.2) is 0 Å². The number of hydrogen-bond acceptors (Lipinski definition) is 11. The first kappa shape index (κ1) is 48.1. The van der Waals surface area contributed by atoms with Crippen molar-refractivity contribution >= 4 is 13.8 Å². The molecular formula is C38H73O12P. The Labute approximate surface area is 307 Å². The monoisotopic (exact) mass is 752 g/mol. The number of rotatable bonds is 33. The molecule has 1 aliphatic carbocycles. The molecule has 6 atom stereocenters. The van der Waals surface area contributed by atoms with Crippen molar-refractivity contribution in [2.75, 3.05) is 19.8 Å². The summed E-state index contributed by atoms with van der Waals surface area (Å²) < 4.78 is 34.0.